The van der Waals surface area contributed by atoms with Crippen molar-refractivity contribution in [3.05, 3.63) is 40.8 Å². The molecule has 0 spiro atoms. The Morgan fingerprint density at radius 2 is 2.00 bits per heavy atom. The third-order valence-electron chi connectivity index (χ3n) is 4.19. The number of nitrogens with one attached hydrogen (secondary N) is 1. The Morgan fingerprint density at radius 3 is 2.68 bits per heavy atom. The molecule has 5 heteroatoms. The first kappa shape index (κ1) is 14.9. The van der Waals surface area contributed by atoms with Gasteiger partial charge >= 0.3 is 0 Å². The van der Waals surface area contributed by atoms with Crippen LogP contribution in [0.3, 0.4) is 0 Å². The number of hydrogen-bond acceptors (Lipinski definition) is 5. The van der Waals surface area contributed by atoms with Crippen LogP contribution in [0, 0.1) is 13.8 Å². The zero-order chi connectivity index (χ0) is 15.7. The monoisotopic (exact) mass is 302 g/mol. The van der Waals surface area contributed by atoms with Gasteiger partial charge in [-0.2, -0.15) is 0 Å². The molecule has 22 heavy (non-hydrogen) atoms. The Kier molecular flexibility index (Phi) is 4.07. The van der Waals surface area contributed by atoms with E-state index in [-0.39, 0.29) is 12.1 Å². The normalized spacial score (nSPS) is 15.8. The maximum absolute atomic E-state index is 5.46. The van der Waals surface area contributed by atoms with E-state index in [0.29, 0.717) is 6.79 Å². The average molecular weight is 302 g/mol. The predicted molar refractivity (Wildman–Crippen MR) is 83.1 cm³/mol. The summed E-state index contributed by atoms with van der Waals surface area (Å²) < 4.78 is 16.1. The van der Waals surface area contributed by atoms with Crippen molar-refractivity contribution in [2.75, 3.05) is 6.79 Å². The van der Waals surface area contributed by atoms with Gasteiger partial charge in [-0.3, -0.25) is 0 Å². The minimum absolute atomic E-state index is 0.188. The zero-order valence-electron chi connectivity index (χ0n) is 13.5. The predicted octanol–water partition coefficient (Wildman–Crippen LogP) is 3.82. The molecule has 0 aliphatic carbocycles. The molecule has 0 saturated carbocycles. The summed E-state index contributed by atoms with van der Waals surface area (Å²) in [5, 5.41) is 7.72. The number of benzene rings is 1. The smallest absolute Gasteiger partial charge is 0.231 e. The summed E-state index contributed by atoms with van der Waals surface area (Å²) in [5.74, 6) is 2.51. The maximum Gasteiger partial charge on any atom is 0.231 e. The van der Waals surface area contributed by atoms with Gasteiger partial charge in [0.2, 0.25) is 6.79 Å². The van der Waals surface area contributed by atoms with E-state index in [0.717, 1.165) is 34.9 Å². The van der Waals surface area contributed by atoms with Gasteiger partial charge in [-0.1, -0.05) is 18.1 Å². The quantitative estimate of drug-likeness (QED) is 0.910. The maximum atomic E-state index is 5.46. The third-order valence-corrected chi connectivity index (χ3v) is 4.19. The van der Waals surface area contributed by atoms with Gasteiger partial charge in [0.25, 0.3) is 0 Å². The highest BCUT2D eigenvalue weighted by Crippen LogP contribution is 2.35. The van der Waals surface area contributed by atoms with Crippen LogP contribution < -0.4 is 14.8 Å². The summed E-state index contributed by atoms with van der Waals surface area (Å²) in [5.41, 5.74) is 3.29. The van der Waals surface area contributed by atoms with Gasteiger partial charge < -0.3 is 19.3 Å². The van der Waals surface area contributed by atoms with Crippen LogP contribution in [-0.2, 0) is 0 Å². The van der Waals surface area contributed by atoms with Crippen molar-refractivity contribution in [2.45, 2.75) is 46.2 Å². The van der Waals surface area contributed by atoms with Crippen molar-refractivity contribution in [3.8, 4) is 11.5 Å². The second-order valence-electron chi connectivity index (χ2n) is 5.70. The van der Waals surface area contributed by atoms with Crippen molar-refractivity contribution in [1.82, 2.24) is 10.5 Å². The van der Waals surface area contributed by atoms with Crippen molar-refractivity contribution in [3.63, 3.8) is 0 Å². The summed E-state index contributed by atoms with van der Waals surface area (Å²) in [6.07, 6.45) is 0.970. The first-order chi connectivity index (χ1) is 10.6. The molecule has 0 radical (unpaired) electrons. The molecule has 1 N–H and O–H groups in total. The lowest BCUT2D eigenvalue weighted by Crippen LogP contribution is -2.25. The molecule has 118 valence electrons. The fourth-order valence-corrected chi connectivity index (χ4v) is 2.97. The number of nitrogens with zero attached hydrogens (tertiary/aromatic N) is 1. The van der Waals surface area contributed by atoms with Gasteiger partial charge in [0.15, 0.2) is 11.5 Å². The molecule has 2 unspecified atom stereocenters. The lowest BCUT2D eigenvalue weighted by atomic mass is 10.00. The van der Waals surface area contributed by atoms with Gasteiger partial charge in [0, 0.05) is 17.6 Å². The van der Waals surface area contributed by atoms with E-state index in [2.05, 4.69) is 30.4 Å². The second-order valence-corrected chi connectivity index (χ2v) is 5.70. The first-order valence-electron chi connectivity index (χ1n) is 7.68. The van der Waals surface area contributed by atoms with Crippen LogP contribution in [0.25, 0.3) is 0 Å². The molecule has 2 aromatic rings. The molecular weight excluding hydrogens is 280 g/mol. The molecule has 2 atom stereocenters. The topological polar surface area (TPSA) is 56.5 Å². The molecule has 1 aliphatic rings. The molecule has 1 aromatic heterocycles. The van der Waals surface area contributed by atoms with Crippen LogP contribution >= 0.6 is 0 Å². The highest BCUT2D eigenvalue weighted by Gasteiger charge is 2.22. The fraction of sp³-hybridized carbons (Fsp3) is 0.471. The Bertz CT molecular complexity index is 646. The van der Waals surface area contributed by atoms with Crippen molar-refractivity contribution in [1.29, 1.82) is 0 Å². The second kappa shape index (κ2) is 6.01. The minimum Gasteiger partial charge on any atom is -0.454 e. The van der Waals surface area contributed by atoms with Gasteiger partial charge in [-0.05, 0) is 44.9 Å². The Morgan fingerprint density at radius 1 is 1.23 bits per heavy atom. The van der Waals surface area contributed by atoms with E-state index in [4.69, 9.17) is 14.0 Å². The van der Waals surface area contributed by atoms with Crippen molar-refractivity contribution >= 4 is 0 Å². The van der Waals surface area contributed by atoms with E-state index in [1.807, 2.05) is 26.0 Å². The van der Waals surface area contributed by atoms with Crippen LogP contribution in [0.2, 0.25) is 0 Å². The summed E-state index contributed by atoms with van der Waals surface area (Å²) in [6.45, 7) is 8.57. The molecule has 2 heterocycles. The highest BCUT2D eigenvalue weighted by atomic mass is 16.7. The first-order valence-corrected chi connectivity index (χ1v) is 7.68. The van der Waals surface area contributed by atoms with Gasteiger partial charge in [0.1, 0.15) is 5.76 Å². The van der Waals surface area contributed by atoms with Crippen molar-refractivity contribution < 1.29 is 14.0 Å². The summed E-state index contributed by atoms with van der Waals surface area (Å²) in [6, 6.07) is 6.48. The largest absolute Gasteiger partial charge is 0.454 e. The summed E-state index contributed by atoms with van der Waals surface area (Å²) in [4.78, 5) is 0. The molecule has 1 aromatic carbocycles. The fourth-order valence-electron chi connectivity index (χ4n) is 2.97. The van der Waals surface area contributed by atoms with Gasteiger partial charge in [0.05, 0.1) is 5.69 Å². The van der Waals surface area contributed by atoms with Crippen LogP contribution in [0.15, 0.2) is 22.7 Å². The molecule has 5 nitrogen and oxygen atoms in total. The SMILES string of the molecule is CCC(NC(C)c1ccc2c(c1)OCO2)c1c(C)noc1C. The van der Waals surface area contributed by atoms with E-state index in [1.165, 1.54) is 5.56 Å². The van der Waals surface area contributed by atoms with Crippen molar-refractivity contribution in [2.24, 2.45) is 0 Å². The third kappa shape index (κ3) is 2.68. The molecule has 0 saturated heterocycles. The van der Waals surface area contributed by atoms with Crippen LogP contribution in [0.5, 0.6) is 11.5 Å². The average Bonchev–Trinajstić information content (AvgIpc) is 3.11. The van der Waals surface area contributed by atoms with Crippen LogP contribution in [0.1, 0.15) is 54.9 Å². The number of aromatic nitrogens is 1. The Labute approximate surface area is 130 Å². The number of aryl methyl sites for hydroxylation is 2. The minimum atomic E-state index is 0.188. The Balaban J connectivity index is 1.79. The number of rotatable bonds is 5. The van der Waals surface area contributed by atoms with Crippen LogP contribution in [0.4, 0.5) is 0 Å². The molecule has 0 fully saturated rings. The zero-order valence-corrected chi connectivity index (χ0v) is 13.5. The van der Waals surface area contributed by atoms with Gasteiger partial charge in [-0.25, -0.2) is 0 Å². The molecule has 0 amide bonds. The van der Waals surface area contributed by atoms with E-state index in [9.17, 15) is 0 Å². The highest BCUT2D eigenvalue weighted by molar-refractivity contribution is 5.45. The Hall–Kier alpha value is -2.01. The molecule has 0 bridgehead atoms. The van der Waals surface area contributed by atoms with Crippen LogP contribution in [-0.4, -0.2) is 11.9 Å². The van der Waals surface area contributed by atoms with E-state index in [1.54, 1.807) is 0 Å². The number of hydrogen-bond donors (Lipinski definition) is 1. The summed E-state index contributed by atoms with van der Waals surface area (Å²) >= 11 is 0. The van der Waals surface area contributed by atoms with E-state index < -0.39 is 0 Å². The number of ether oxygens (including phenoxy) is 2. The standard InChI is InChI=1S/C17H22N2O3/c1-5-14(17-11(3)19-22-12(17)4)18-10(2)13-6-7-15-16(8-13)21-9-20-15/h6-8,10,14,18H,5,9H2,1-4H3. The summed E-state index contributed by atoms with van der Waals surface area (Å²) in [7, 11) is 0. The molecule has 3 rings (SSSR count). The number of fused-ring (bicyclic) bond motifs is 1. The lowest BCUT2D eigenvalue weighted by molar-refractivity contribution is 0.174. The van der Waals surface area contributed by atoms with Gasteiger partial charge in [-0.15, -0.1) is 0 Å². The molecular formula is C17H22N2O3. The van der Waals surface area contributed by atoms with E-state index >= 15 is 0 Å². The lowest BCUT2D eigenvalue weighted by Gasteiger charge is -2.23. The molecule has 1 aliphatic heterocycles.